The molecule has 0 unspecified atom stereocenters. The fourth-order valence-electron chi connectivity index (χ4n) is 3.56. The second-order valence-corrected chi connectivity index (χ2v) is 8.32. The highest BCUT2D eigenvalue weighted by atomic mass is 32.1. The number of rotatable bonds is 6. The molecule has 0 radical (unpaired) electrons. The maximum absolute atomic E-state index is 12.8. The van der Waals surface area contributed by atoms with E-state index in [9.17, 15) is 9.59 Å². The Balaban J connectivity index is 1.35. The summed E-state index contributed by atoms with van der Waals surface area (Å²) in [7, 11) is 0. The monoisotopic (exact) mass is 456 g/mol. The lowest BCUT2D eigenvalue weighted by Gasteiger charge is -2.11. The van der Waals surface area contributed by atoms with Crippen LogP contribution in [0, 0.1) is 0 Å². The van der Waals surface area contributed by atoms with Gasteiger partial charge in [0, 0.05) is 10.9 Å². The van der Waals surface area contributed by atoms with Gasteiger partial charge in [0.1, 0.15) is 10.4 Å². The van der Waals surface area contributed by atoms with E-state index < -0.39 is 0 Å². The van der Waals surface area contributed by atoms with Crippen molar-refractivity contribution in [2.45, 2.75) is 19.8 Å². The van der Waals surface area contributed by atoms with Gasteiger partial charge in [0.25, 0.3) is 5.56 Å². The van der Waals surface area contributed by atoms with Gasteiger partial charge in [0.2, 0.25) is 5.91 Å². The molecule has 0 atom stereocenters. The Kier molecular flexibility index (Phi) is 5.54. The van der Waals surface area contributed by atoms with E-state index in [1.54, 1.807) is 10.7 Å². The van der Waals surface area contributed by atoms with Crippen LogP contribution in [0.3, 0.4) is 0 Å². The Bertz CT molecular complexity index is 1500. The fraction of sp³-hybridized carbons (Fsp3) is 0.125. The molecule has 8 nitrogen and oxygen atoms in total. The number of aromatic nitrogens is 5. The lowest BCUT2D eigenvalue weighted by atomic mass is 10.1. The normalized spacial score (nSPS) is 11.1. The number of aromatic amines is 1. The minimum Gasteiger partial charge on any atom is -0.324 e. The molecule has 0 spiro atoms. The highest BCUT2D eigenvalue weighted by Gasteiger charge is 2.15. The van der Waals surface area contributed by atoms with E-state index in [1.807, 2.05) is 23.6 Å². The van der Waals surface area contributed by atoms with Crippen molar-refractivity contribution in [2.24, 2.45) is 0 Å². The molecule has 0 aliphatic rings. The van der Waals surface area contributed by atoms with Crippen molar-refractivity contribution in [3.63, 3.8) is 0 Å². The van der Waals surface area contributed by atoms with Gasteiger partial charge < -0.3 is 10.3 Å². The van der Waals surface area contributed by atoms with Crippen molar-refractivity contribution in [3.05, 3.63) is 88.0 Å². The molecule has 5 rings (SSSR count). The summed E-state index contributed by atoms with van der Waals surface area (Å²) in [6.07, 6.45) is 3.94. The molecule has 0 saturated carbocycles. The summed E-state index contributed by atoms with van der Waals surface area (Å²) in [5.41, 5.74) is 4.37. The number of anilines is 1. The summed E-state index contributed by atoms with van der Waals surface area (Å²) in [6.45, 7) is 2.12. The Morgan fingerprint density at radius 2 is 1.97 bits per heavy atom. The predicted molar refractivity (Wildman–Crippen MR) is 129 cm³/mol. The van der Waals surface area contributed by atoms with Crippen LogP contribution in [0.1, 0.15) is 18.2 Å². The van der Waals surface area contributed by atoms with Gasteiger partial charge in [-0.05, 0) is 24.1 Å². The van der Waals surface area contributed by atoms with Gasteiger partial charge in [-0.25, -0.2) is 14.6 Å². The molecular weight excluding hydrogens is 436 g/mol. The molecule has 0 aliphatic heterocycles. The van der Waals surface area contributed by atoms with E-state index in [0.29, 0.717) is 28.1 Å². The quantitative estimate of drug-likeness (QED) is 0.402. The molecule has 1 amide bonds. The summed E-state index contributed by atoms with van der Waals surface area (Å²) in [5, 5.41) is 10.4. The van der Waals surface area contributed by atoms with Gasteiger partial charge in [0.15, 0.2) is 5.65 Å². The Morgan fingerprint density at radius 3 is 2.79 bits per heavy atom. The lowest BCUT2D eigenvalue weighted by molar-refractivity contribution is -0.115. The van der Waals surface area contributed by atoms with Crippen LogP contribution in [0.25, 0.3) is 27.3 Å². The number of fused-ring (bicyclic) bond motifs is 1. The lowest BCUT2D eigenvalue weighted by Crippen LogP contribution is -2.16. The van der Waals surface area contributed by atoms with Crippen molar-refractivity contribution in [2.75, 3.05) is 5.32 Å². The highest BCUT2D eigenvalue weighted by molar-refractivity contribution is 7.13. The molecule has 3 heterocycles. The van der Waals surface area contributed by atoms with Crippen LogP contribution in [-0.2, 0) is 17.6 Å². The van der Waals surface area contributed by atoms with Crippen molar-refractivity contribution in [1.29, 1.82) is 0 Å². The zero-order chi connectivity index (χ0) is 22.8. The average Bonchev–Trinajstić information content (AvgIpc) is 3.48. The number of carbonyl (C=O) groups is 1. The second kappa shape index (κ2) is 8.79. The number of benzene rings is 2. The van der Waals surface area contributed by atoms with Crippen LogP contribution in [0.15, 0.2) is 71.2 Å². The van der Waals surface area contributed by atoms with Crippen molar-refractivity contribution in [1.82, 2.24) is 24.7 Å². The van der Waals surface area contributed by atoms with E-state index in [2.05, 4.69) is 56.6 Å². The van der Waals surface area contributed by atoms with Gasteiger partial charge in [-0.2, -0.15) is 5.10 Å². The first-order valence-corrected chi connectivity index (χ1v) is 11.3. The van der Waals surface area contributed by atoms with Gasteiger partial charge in [0.05, 0.1) is 36.0 Å². The number of hydrogen-bond acceptors (Lipinski definition) is 6. The van der Waals surface area contributed by atoms with Crippen molar-refractivity contribution in [3.8, 4) is 16.3 Å². The molecule has 2 aromatic carbocycles. The van der Waals surface area contributed by atoms with E-state index in [4.69, 9.17) is 0 Å². The minimum atomic E-state index is -0.267. The maximum atomic E-state index is 12.8. The molecule has 0 aliphatic carbocycles. The molecule has 164 valence electrons. The third-order valence-corrected chi connectivity index (χ3v) is 6.22. The van der Waals surface area contributed by atoms with Crippen molar-refractivity contribution >= 4 is 34.0 Å². The molecular formula is C24H20N6O2S. The smallest absolute Gasteiger partial charge is 0.261 e. The zero-order valence-corrected chi connectivity index (χ0v) is 18.6. The number of thiazole rings is 1. The first-order chi connectivity index (χ1) is 16.1. The number of aryl methyl sites for hydroxylation is 1. The molecule has 0 saturated heterocycles. The van der Waals surface area contributed by atoms with Crippen LogP contribution in [0.2, 0.25) is 0 Å². The first-order valence-electron chi connectivity index (χ1n) is 10.5. The topological polar surface area (TPSA) is 106 Å². The summed E-state index contributed by atoms with van der Waals surface area (Å²) < 4.78 is 1.54. The van der Waals surface area contributed by atoms with Crippen molar-refractivity contribution < 1.29 is 4.79 Å². The van der Waals surface area contributed by atoms with E-state index in [-0.39, 0.29) is 17.9 Å². The Morgan fingerprint density at radius 1 is 1.15 bits per heavy atom. The number of hydrogen-bond donors (Lipinski definition) is 2. The predicted octanol–water partition coefficient (Wildman–Crippen LogP) is 3.98. The van der Waals surface area contributed by atoms with Crippen LogP contribution in [0.4, 0.5) is 5.69 Å². The number of nitrogens with zero attached hydrogens (tertiary/aromatic N) is 4. The summed E-state index contributed by atoms with van der Waals surface area (Å²) in [6, 6.07) is 15.6. The van der Waals surface area contributed by atoms with Crippen LogP contribution >= 0.6 is 11.3 Å². The van der Waals surface area contributed by atoms with E-state index in [1.165, 1.54) is 29.4 Å². The van der Waals surface area contributed by atoms with Gasteiger partial charge >= 0.3 is 0 Å². The van der Waals surface area contributed by atoms with Crippen LogP contribution in [-0.4, -0.2) is 30.6 Å². The minimum absolute atomic E-state index is 0.148. The van der Waals surface area contributed by atoms with Gasteiger partial charge in [-0.15, -0.1) is 11.3 Å². The molecule has 0 fully saturated rings. The summed E-state index contributed by atoms with van der Waals surface area (Å²) in [4.78, 5) is 36.2. The largest absolute Gasteiger partial charge is 0.324 e. The van der Waals surface area contributed by atoms with Gasteiger partial charge in [-0.1, -0.05) is 43.3 Å². The summed E-state index contributed by atoms with van der Waals surface area (Å²) >= 11 is 1.52. The number of carbonyl (C=O) groups excluding carboxylic acids is 1. The van der Waals surface area contributed by atoms with Crippen LogP contribution < -0.4 is 10.9 Å². The SMILES string of the molecule is CCc1ccc(-c2nc(CC(=O)Nc3ccccc3-n3ncc4c(=O)[nH]cnc43)cs2)cc1. The number of nitrogens with one attached hydrogen (secondary N) is 2. The molecule has 3 aromatic heterocycles. The molecule has 33 heavy (non-hydrogen) atoms. The molecule has 2 N–H and O–H groups in total. The number of para-hydroxylation sites is 2. The third-order valence-electron chi connectivity index (χ3n) is 5.28. The van der Waals surface area contributed by atoms with Gasteiger partial charge in [-0.3, -0.25) is 9.59 Å². The standard InChI is InChI=1S/C24H20N6O2S/c1-2-15-7-9-16(10-8-15)24-28-17(13-33-24)11-21(31)29-19-5-3-4-6-20(19)30-22-18(12-27-30)23(32)26-14-25-22/h3-10,12-14H,2,11H2,1H3,(H,29,31)(H,25,26,32). The Hall–Kier alpha value is -4.11. The average molecular weight is 457 g/mol. The summed E-state index contributed by atoms with van der Waals surface area (Å²) in [5.74, 6) is -0.192. The van der Waals surface area contributed by atoms with E-state index >= 15 is 0 Å². The second-order valence-electron chi connectivity index (χ2n) is 7.46. The fourth-order valence-corrected chi connectivity index (χ4v) is 4.39. The van der Waals surface area contributed by atoms with Crippen LogP contribution in [0.5, 0.6) is 0 Å². The van der Waals surface area contributed by atoms with E-state index in [0.717, 1.165) is 17.0 Å². The molecule has 0 bridgehead atoms. The highest BCUT2D eigenvalue weighted by Crippen LogP contribution is 2.25. The Labute approximate surface area is 193 Å². The first kappa shape index (κ1) is 20.8. The number of amides is 1. The molecule has 9 heteroatoms. The zero-order valence-electron chi connectivity index (χ0n) is 17.8. The number of H-pyrrole nitrogens is 1. The molecule has 5 aromatic rings. The maximum Gasteiger partial charge on any atom is 0.261 e. The third kappa shape index (κ3) is 4.18.